The minimum absolute atomic E-state index is 0.0331. The van der Waals surface area contributed by atoms with E-state index < -0.39 is 11.7 Å². The van der Waals surface area contributed by atoms with Gasteiger partial charge in [0, 0.05) is 76.7 Å². The van der Waals surface area contributed by atoms with Crippen LogP contribution in [0.3, 0.4) is 0 Å². The zero-order valence-corrected chi connectivity index (χ0v) is 24.6. The van der Waals surface area contributed by atoms with E-state index in [1.54, 1.807) is 13.2 Å². The number of nitrogens with zero attached hydrogens (tertiary/aromatic N) is 4. The number of ether oxygens (including phenoxy) is 1. The number of anilines is 1. The highest BCUT2D eigenvalue weighted by Gasteiger charge is 2.36. The van der Waals surface area contributed by atoms with Gasteiger partial charge in [-0.1, -0.05) is 24.3 Å². The number of pyridine rings is 1. The molecule has 2 atom stereocenters. The monoisotopic (exact) mass is 595 g/mol. The number of carbonyl (C=O) groups excluding carboxylic acids is 1. The van der Waals surface area contributed by atoms with E-state index in [0.29, 0.717) is 43.7 Å². The molecule has 0 saturated carbocycles. The number of hydrogen-bond acceptors (Lipinski definition) is 6. The van der Waals surface area contributed by atoms with Gasteiger partial charge in [-0.05, 0) is 66.8 Å². The molecule has 1 aromatic heterocycles. The van der Waals surface area contributed by atoms with Crippen molar-refractivity contribution in [3.05, 3.63) is 89.7 Å². The number of halogens is 3. The molecule has 0 radical (unpaired) electrons. The van der Waals surface area contributed by atoms with Crippen LogP contribution in [0.5, 0.6) is 5.75 Å². The lowest BCUT2D eigenvalue weighted by Gasteiger charge is -2.47. The lowest BCUT2D eigenvalue weighted by atomic mass is 9.86. The Morgan fingerprint density at radius 3 is 2.49 bits per heavy atom. The predicted molar refractivity (Wildman–Crippen MR) is 161 cm³/mol. The van der Waals surface area contributed by atoms with Gasteiger partial charge in [-0.25, -0.2) is 0 Å². The number of piperazine rings is 1. The van der Waals surface area contributed by atoms with Crippen LogP contribution < -0.4 is 15.0 Å². The molecule has 0 spiro atoms. The van der Waals surface area contributed by atoms with Crippen molar-refractivity contribution in [1.82, 2.24) is 20.1 Å². The summed E-state index contributed by atoms with van der Waals surface area (Å²) in [6.07, 6.45) is -0.342. The van der Waals surface area contributed by atoms with Crippen molar-refractivity contribution in [2.24, 2.45) is 5.92 Å². The summed E-state index contributed by atoms with van der Waals surface area (Å²) in [5, 5.41) is 3.06. The Morgan fingerprint density at radius 1 is 1.00 bits per heavy atom. The Labute approximate surface area is 251 Å². The lowest BCUT2D eigenvalue weighted by molar-refractivity contribution is -0.137. The van der Waals surface area contributed by atoms with Gasteiger partial charge in [-0.2, -0.15) is 13.2 Å². The zero-order chi connectivity index (χ0) is 30.2. The number of rotatable bonds is 10. The van der Waals surface area contributed by atoms with Crippen LogP contribution in [0.15, 0.2) is 72.9 Å². The molecule has 1 N–H and O–H groups in total. The molecule has 43 heavy (non-hydrogen) atoms. The van der Waals surface area contributed by atoms with Crippen LogP contribution in [0.25, 0.3) is 0 Å². The van der Waals surface area contributed by atoms with E-state index in [0.717, 1.165) is 68.6 Å². The number of piperidine rings is 1. The Balaban J connectivity index is 1.19. The highest BCUT2D eigenvalue weighted by molar-refractivity contribution is 5.75. The number of methoxy groups -OCH3 is 1. The average molecular weight is 596 g/mol. The molecule has 2 aliphatic rings. The summed E-state index contributed by atoms with van der Waals surface area (Å²) in [6.45, 7) is 5.96. The van der Waals surface area contributed by atoms with E-state index >= 15 is 0 Å². The number of likely N-dealkylation sites (tertiary alicyclic amines) is 1. The van der Waals surface area contributed by atoms with Gasteiger partial charge in [-0.3, -0.25) is 19.6 Å². The number of nitrogens with one attached hydrogen (secondary N) is 1. The maximum atomic E-state index is 13.3. The molecule has 0 bridgehead atoms. The molecule has 230 valence electrons. The number of alkyl halides is 3. The second-order valence-electron chi connectivity index (χ2n) is 11.4. The third kappa shape index (κ3) is 8.48. The van der Waals surface area contributed by atoms with E-state index in [9.17, 15) is 18.0 Å². The minimum Gasteiger partial charge on any atom is -0.497 e. The quantitative estimate of drug-likeness (QED) is 0.347. The number of carbonyl (C=O) groups is 1. The molecule has 2 aromatic carbocycles. The Hall–Kier alpha value is -3.63. The minimum atomic E-state index is -4.35. The van der Waals surface area contributed by atoms with Crippen molar-refractivity contribution in [1.29, 1.82) is 0 Å². The third-order valence-electron chi connectivity index (χ3n) is 8.60. The van der Waals surface area contributed by atoms with Gasteiger partial charge in [0.2, 0.25) is 5.91 Å². The highest BCUT2D eigenvalue weighted by Crippen LogP contribution is 2.33. The first-order chi connectivity index (χ1) is 20.8. The first-order valence-corrected chi connectivity index (χ1v) is 15.0. The van der Waals surface area contributed by atoms with Crippen molar-refractivity contribution in [2.75, 3.05) is 51.3 Å². The SMILES string of the molecule is COc1ccc(CNC(=O)CC[C@H]2CN(Cc3ccccn3)CC[C@H]2N2CCN(c3cccc(C(F)(F)F)c3)CC2)cc1. The van der Waals surface area contributed by atoms with Crippen molar-refractivity contribution in [3.8, 4) is 5.75 Å². The molecular weight excluding hydrogens is 555 g/mol. The van der Waals surface area contributed by atoms with E-state index in [4.69, 9.17) is 4.74 Å². The van der Waals surface area contributed by atoms with Gasteiger partial charge >= 0.3 is 6.18 Å². The van der Waals surface area contributed by atoms with Crippen LogP contribution in [0.1, 0.15) is 36.1 Å². The van der Waals surface area contributed by atoms with Crippen LogP contribution in [-0.2, 0) is 24.1 Å². The summed E-state index contributed by atoms with van der Waals surface area (Å²) in [7, 11) is 1.63. The fourth-order valence-electron chi connectivity index (χ4n) is 6.26. The largest absolute Gasteiger partial charge is 0.497 e. The summed E-state index contributed by atoms with van der Waals surface area (Å²) in [5.41, 5.74) is 2.05. The summed E-state index contributed by atoms with van der Waals surface area (Å²) >= 11 is 0. The van der Waals surface area contributed by atoms with Crippen LogP contribution >= 0.6 is 0 Å². The smallest absolute Gasteiger partial charge is 0.416 e. The second-order valence-corrected chi connectivity index (χ2v) is 11.4. The Morgan fingerprint density at radius 2 is 1.79 bits per heavy atom. The van der Waals surface area contributed by atoms with Gasteiger partial charge in [0.05, 0.1) is 18.4 Å². The fraction of sp³-hybridized carbons (Fsp3) is 0.455. The molecule has 2 saturated heterocycles. The second kappa shape index (κ2) is 14.2. The molecule has 5 rings (SSSR count). The summed E-state index contributed by atoms with van der Waals surface area (Å²) in [4.78, 5) is 24.3. The number of hydrogen-bond donors (Lipinski definition) is 1. The number of amides is 1. The van der Waals surface area contributed by atoms with Crippen molar-refractivity contribution in [2.45, 2.75) is 44.6 Å². The third-order valence-corrected chi connectivity index (χ3v) is 8.60. The summed E-state index contributed by atoms with van der Waals surface area (Å²) in [6, 6.07) is 19.6. The topological polar surface area (TPSA) is 60.9 Å². The van der Waals surface area contributed by atoms with Crippen molar-refractivity contribution in [3.63, 3.8) is 0 Å². The van der Waals surface area contributed by atoms with Crippen LogP contribution in [-0.4, -0.2) is 73.1 Å². The standard InChI is InChI=1S/C33H40F3N5O2/c1-43-30-11-8-25(9-12-30)22-38-32(42)13-10-26-23-39(24-28-6-2-3-15-37-28)16-14-31(26)41-19-17-40(18-20-41)29-7-4-5-27(21-29)33(34,35)36/h2-9,11-12,15,21,26,31H,10,13-14,16-20,22-24H2,1H3,(H,38,42)/t26-,31+/m0/s1. The Bertz CT molecular complexity index is 1310. The zero-order valence-electron chi connectivity index (χ0n) is 24.6. The molecule has 0 unspecified atom stereocenters. The lowest BCUT2D eigenvalue weighted by Crippen LogP contribution is -2.56. The summed E-state index contributed by atoms with van der Waals surface area (Å²) < 4.78 is 45.0. The normalized spacial score (nSPS) is 20.1. The molecule has 0 aliphatic carbocycles. The molecule has 2 aliphatic heterocycles. The van der Waals surface area contributed by atoms with Crippen LogP contribution in [0, 0.1) is 5.92 Å². The van der Waals surface area contributed by atoms with Crippen LogP contribution in [0.2, 0.25) is 0 Å². The molecule has 10 heteroatoms. The summed E-state index contributed by atoms with van der Waals surface area (Å²) in [5.74, 6) is 1.11. The van der Waals surface area contributed by atoms with Gasteiger partial charge in [-0.15, -0.1) is 0 Å². The van der Waals surface area contributed by atoms with Gasteiger partial charge < -0.3 is 15.0 Å². The van der Waals surface area contributed by atoms with E-state index in [1.165, 1.54) is 12.1 Å². The number of aromatic nitrogens is 1. The first-order valence-electron chi connectivity index (χ1n) is 15.0. The Kier molecular flexibility index (Phi) is 10.2. The molecule has 1 amide bonds. The van der Waals surface area contributed by atoms with Crippen molar-refractivity contribution < 1.29 is 22.7 Å². The molecular formula is C33H40F3N5O2. The van der Waals surface area contributed by atoms with Gasteiger partial charge in [0.15, 0.2) is 0 Å². The van der Waals surface area contributed by atoms with Gasteiger partial charge in [0.1, 0.15) is 5.75 Å². The molecule has 7 nitrogen and oxygen atoms in total. The highest BCUT2D eigenvalue weighted by atomic mass is 19.4. The molecule has 2 fully saturated rings. The van der Waals surface area contributed by atoms with E-state index in [-0.39, 0.29) is 5.91 Å². The van der Waals surface area contributed by atoms with Gasteiger partial charge in [0.25, 0.3) is 0 Å². The maximum Gasteiger partial charge on any atom is 0.416 e. The molecule has 3 aromatic rings. The molecule has 3 heterocycles. The first kappa shape index (κ1) is 30.8. The number of benzene rings is 2. The van der Waals surface area contributed by atoms with Crippen LogP contribution in [0.4, 0.5) is 18.9 Å². The van der Waals surface area contributed by atoms with E-state index in [1.807, 2.05) is 53.6 Å². The fourth-order valence-corrected chi connectivity index (χ4v) is 6.26. The van der Waals surface area contributed by atoms with E-state index in [2.05, 4.69) is 20.1 Å². The predicted octanol–water partition coefficient (Wildman–Crippen LogP) is 5.22. The average Bonchev–Trinajstić information content (AvgIpc) is 3.03. The maximum absolute atomic E-state index is 13.3. The van der Waals surface area contributed by atoms with Crippen molar-refractivity contribution >= 4 is 11.6 Å².